The van der Waals surface area contributed by atoms with E-state index in [0.717, 1.165) is 5.82 Å². The summed E-state index contributed by atoms with van der Waals surface area (Å²) in [5.41, 5.74) is 0.604. The smallest absolute Gasteiger partial charge is 0.292 e. The minimum absolute atomic E-state index is 0.0652. The number of hydrogen-bond donors (Lipinski definition) is 3. The van der Waals surface area contributed by atoms with Crippen LogP contribution in [-0.4, -0.2) is 34.4 Å². The maximum atomic E-state index is 12.0. The Morgan fingerprint density at radius 1 is 1.48 bits per heavy atom. The first kappa shape index (κ1) is 14.5. The number of nitro groups is 1. The summed E-state index contributed by atoms with van der Waals surface area (Å²) < 4.78 is 0. The molecule has 21 heavy (non-hydrogen) atoms. The number of carbonyl (C=O) groups is 1. The van der Waals surface area contributed by atoms with Gasteiger partial charge in [-0.25, -0.2) is 4.98 Å². The Morgan fingerprint density at radius 2 is 2.29 bits per heavy atom. The first-order valence-corrected chi connectivity index (χ1v) is 6.34. The Kier molecular flexibility index (Phi) is 4.50. The van der Waals surface area contributed by atoms with Gasteiger partial charge in [-0.05, 0) is 12.1 Å². The molecule has 0 aliphatic rings. The number of benzene rings is 1. The number of hydrogen-bond acceptors (Lipinski definition) is 5. The highest BCUT2D eigenvalue weighted by Gasteiger charge is 2.15. The normalized spacial score (nSPS) is 10.1. The zero-order valence-electron chi connectivity index (χ0n) is 11.4. The Hall–Kier alpha value is -2.90. The van der Waals surface area contributed by atoms with E-state index in [1.165, 1.54) is 18.2 Å². The fourth-order valence-electron chi connectivity index (χ4n) is 1.87. The molecule has 1 heterocycles. The van der Waals surface area contributed by atoms with Gasteiger partial charge in [0.1, 0.15) is 11.5 Å². The van der Waals surface area contributed by atoms with Crippen LogP contribution < -0.4 is 10.6 Å². The summed E-state index contributed by atoms with van der Waals surface area (Å²) in [6.07, 6.45) is 3.95. The Bertz CT molecular complexity index is 639. The molecule has 0 aliphatic heterocycles. The van der Waals surface area contributed by atoms with Crippen LogP contribution in [0.25, 0.3) is 0 Å². The van der Waals surface area contributed by atoms with Crippen LogP contribution in [0, 0.1) is 10.1 Å². The van der Waals surface area contributed by atoms with Gasteiger partial charge in [0.15, 0.2) is 0 Å². The number of imidazole rings is 1. The van der Waals surface area contributed by atoms with Crippen molar-refractivity contribution in [2.45, 2.75) is 6.42 Å². The monoisotopic (exact) mass is 289 g/mol. The molecule has 0 fully saturated rings. The topological polar surface area (TPSA) is 113 Å². The summed E-state index contributed by atoms with van der Waals surface area (Å²) >= 11 is 0. The molecular weight excluding hydrogens is 274 g/mol. The first-order chi connectivity index (χ1) is 10.1. The minimum atomic E-state index is -0.496. The number of nitrogens with one attached hydrogen (secondary N) is 3. The second-order valence-electron chi connectivity index (χ2n) is 4.28. The molecular formula is C13H15N5O3. The molecule has 0 aliphatic carbocycles. The second kappa shape index (κ2) is 6.51. The lowest BCUT2D eigenvalue weighted by molar-refractivity contribution is -0.383. The van der Waals surface area contributed by atoms with Crippen LogP contribution in [0.2, 0.25) is 0 Å². The molecule has 3 N–H and O–H groups in total. The lowest BCUT2D eigenvalue weighted by atomic mass is 10.1. The van der Waals surface area contributed by atoms with Gasteiger partial charge >= 0.3 is 0 Å². The van der Waals surface area contributed by atoms with E-state index >= 15 is 0 Å². The van der Waals surface area contributed by atoms with Crippen molar-refractivity contribution in [1.82, 2.24) is 15.3 Å². The molecule has 0 saturated heterocycles. The van der Waals surface area contributed by atoms with Crippen molar-refractivity contribution < 1.29 is 9.72 Å². The van der Waals surface area contributed by atoms with E-state index in [1.807, 2.05) is 0 Å². The lowest BCUT2D eigenvalue weighted by Gasteiger charge is -2.07. The van der Waals surface area contributed by atoms with E-state index < -0.39 is 4.92 Å². The summed E-state index contributed by atoms with van der Waals surface area (Å²) in [6, 6.07) is 4.20. The minimum Gasteiger partial charge on any atom is -0.383 e. The van der Waals surface area contributed by atoms with E-state index in [-0.39, 0.29) is 11.6 Å². The fraction of sp³-hybridized carbons (Fsp3) is 0.231. The van der Waals surface area contributed by atoms with Crippen LogP contribution in [0.15, 0.2) is 30.6 Å². The molecule has 110 valence electrons. The molecule has 2 rings (SSSR count). The number of amides is 1. The largest absolute Gasteiger partial charge is 0.383 e. The molecule has 1 amide bonds. The van der Waals surface area contributed by atoms with Gasteiger partial charge in [-0.2, -0.15) is 0 Å². The van der Waals surface area contributed by atoms with E-state index in [9.17, 15) is 14.9 Å². The van der Waals surface area contributed by atoms with Crippen molar-refractivity contribution in [3.05, 3.63) is 52.1 Å². The molecule has 0 spiro atoms. The van der Waals surface area contributed by atoms with Gasteiger partial charge in [0, 0.05) is 44.0 Å². The molecule has 0 atom stereocenters. The number of anilines is 1. The van der Waals surface area contributed by atoms with Gasteiger partial charge in [0.05, 0.1) is 4.92 Å². The number of aromatic nitrogens is 2. The molecule has 0 bridgehead atoms. The average molecular weight is 289 g/mol. The van der Waals surface area contributed by atoms with Crippen molar-refractivity contribution in [3.63, 3.8) is 0 Å². The summed E-state index contributed by atoms with van der Waals surface area (Å²) in [5.74, 6) is 0.503. The highest BCUT2D eigenvalue weighted by Crippen LogP contribution is 2.24. The van der Waals surface area contributed by atoms with Crippen molar-refractivity contribution in [2.75, 3.05) is 18.9 Å². The Balaban J connectivity index is 2.00. The summed E-state index contributed by atoms with van der Waals surface area (Å²) in [4.78, 5) is 29.3. The number of rotatable bonds is 6. The standard InChI is InChI=1S/C13H15N5O3/c1-14-10-8-9(2-3-11(10)18(20)21)13(19)17-5-4-12-15-6-7-16-12/h2-3,6-8,14H,4-5H2,1H3,(H,15,16)(H,17,19). The van der Waals surface area contributed by atoms with Gasteiger partial charge in [0.2, 0.25) is 0 Å². The number of H-pyrrole nitrogens is 1. The maximum Gasteiger partial charge on any atom is 0.292 e. The van der Waals surface area contributed by atoms with Crippen molar-refractivity contribution >= 4 is 17.3 Å². The number of nitrogens with zero attached hydrogens (tertiary/aromatic N) is 2. The molecule has 2 aromatic rings. The van der Waals surface area contributed by atoms with Crippen molar-refractivity contribution in [2.24, 2.45) is 0 Å². The van der Waals surface area contributed by atoms with Crippen molar-refractivity contribution in [1.29, 1.82) is 0 Å². The van der Waals surface area contributed by atoms with Gasteiger partial charge in [0.25, 0.3) is 11.6 Å². The third-order valence-corrected chi connectivity index (χ3v) is 2.93. The Labute approximate surface area is 120 Å². The third kappa shape index (κ3) is 3.56. The summed E-state index contributed by atoms with van der Waals surface area (Å²) in [5, 5.41) is 16.3. The molecule has 0 unspecified atom stereocenters. The number of aromatic amines is 1. The predicted molar refractivity (Wildman–Crippen MR) is 77.3 cm³/mol. The van der Waals surface area contributed by atoms with Crippen LogP contribution in [0.4, 0.5) is 11.4 Å². The van der Waals surface area contributed by atoms with Crippen LogP contribution in [0.5, 0.6) is 0 Å². The zero-order chi connectivity index (χ0) is 15.2. The van der Waals surface area contributed by atoms with Gasteiger partial charge in [-0.15, -0.1) is 0 Å². The van der Waals surface area contributed by atoms with Gasteiger partial charge in [-0.3, -0.25) is 14.9 Å². The molecule has 1 aromatic heterocycles. The average Bonchev–Trinajstić information content (AvgIpc) is 2.99. The second-order valence-corrected chi connectivity index (χ2v) is 4.28. The van der Waals surface area contributed by atoms with E-state index in [2.05, 4.69) is 20.6 Å². The Morgan fingerprint density at radius 3 is 2.90 bits per heavy atom. The molecule has 8 nitrogen and oxygen atoms in total. The first-order valence-electron chi connectivity index (χ1n) is 6.34. The molecule has 8 heteroatoms. The third-order valence-electron chi connectivity index (χ3n) is 2.93. The van der Waals surface area contributed by atoms with Crippen LogP contribution in [0.3, 0.4) is 0 Å². The van der Waals surface area contributed by atoms with Gasteiger partial charge < -0.3 is 15.6 Å². The van der Waals surface area contributed by atoms with Gasteiger partial charge in [-0.1, -0.05) is 0 Å². The van der Waals surface area contributed by atoms with Crippen LogP contribution in [-0.2, 0) is 6.42 Å². The van der Waals surface area contributed by atoms with Crippen LogP contribution in [0.1, 0.15) is 16.2 Å². The quantitative estimate of drug-likeness (QED) is 0.548. The van der Waals surface area contributed by atoms with Crippen molar-refractivity contribution in [3.8, 4) is 0 Å². The molecule has 0 radical (unpaired) electrons. The van der Waals surface area contributed by atoms with E-state index in [0.29, 0.717) is 24.2 Å². The molecule has 1 aromatic carbocycles. The number of carbonyl (C=O) groups excluding carboxylic acids is 1. The lowest BCUT2D eigenvalue weighted by Crippen LogP contribution is -2.26. The predicted octanol–water partition coefficient (Wildman–Crippen LogP) is 1.33. The maximum absolute atomic E-state index is 12.0. The summed E-state index contributed by atoms with van der Waals surface area (Å²) in [7, 11) is 1.57. The van der Waals surface area contributed by atoms with E-state index in [4.69, 9.17) is 0 Å². The van der Waals surface area contributed by atoms with E-state index in [1.54, 1.807) is 19.4 Å². The van der Waals surface area contributed by atoms with Crippen LogP contribution >= 0.6 is 0 Å². The number of nitro benzene ring substituents is 1. The SMILES string of the molecule is CNc1cc(C(=O)NCCc2ncc[nH]2)ccc1[N+](=O)[O-]. The fourth-order valence-corrected chi connectivity index (χ4v) is 1.87. The zero-order valence-corrected chi connectivity index (χ0v) is 11.4. The summed E-state index contributed by atoms with van der Waals surface area (Å²) in [6.45, 7) is 0.429. The highest BCUT2D eigenvalue weighted by molar-refractivity contribution is 5.95. The molecule has 0 saturated carbocycles. The highest BCUT2D eigenvalue weighted by atomic mass is 16.6.